The molecule has 0 atom stereocenters. The van der Waals surface area contributed by atoms with Crippen molar-refractivity contribution in [3.05, 3.63) is 46.8 Å². The van der Waals surface area contributed by atoms with Crippen LogP contribution in [0.4, 0.5) is 0 Å². The summed E-state index contributed by atoms with van der Waals surface area (Å²) in [5.74, 6) is 1.52. The molecular formula is C17H23N3O4S2. The monoisotopic (exact) mass is 397 g/mol. The van der Waals surface area contributed by atoms with Gasteiger partial charge in [-0.2, -0.15) is 0 Å². The lowest BCUT2D eigenvalue weighted by Gasteiger charge is -2.15. The average molecular weight is 398 g/mol. The van der Waals surface area contributed by atoms with Gasteiger partial charge in [-0.25, -0.2) is 12.7 Å². The van der Waals surface area contributed by atoms with E-state index in [1.807, 2.05) is 13.8 Å². The summed E-state index contributed by atoms with van der Waals surface area (Å²) in [5, 5.41) is 6.66. The maximum Gasteiger partial charge on any atom is 0.242 e. The Labute approximate surface area is 158 Å². The molecule has 0 fully saturated rings. The molecule has 0 aliphatic rings. The Hall–Kier alpha value is -1.84. The number of thioether (sulfide) groups is 1. The van der Waals surface area contributed by atoms with E-state index in [0.29, 0.717) is 11.3 Å². The predicted octanol–water partition coefficient (Wildman–Crippen LogP) is 2.09. The normalized spacial score (nSPS) is 11.7. The summed E-state index contributed by atoms with van der Waals surface area (Å²) in [4.78, 5) is 12.3. The maximum atomic E-state index is 12.4. The second-order valence-corrected chi connectivity index (χ2v) is 9.07. The van der Waals surface area contributed by atoms with E-state index in [-0.39, 0.29) is 23.1 Å². The van der Waals surface area contributed by atoms with Gasteiger partial charge in [-0.05, 0) is 25.5 Å². The standard InChI is InChI=1S/C17H23N3O4S2/c1-12-15(13(2)24-19-12)10-25-11-17(21)18-9-14-7-5-6-8-16(14)26(22,23)20(3)4/h5-8H,9-11H2,1-4H3,(H,18,21). The van der Waals surface area contributed by atoms with Gasteiger partial charge in [-0.3, -0.25) is 4.79 Å². The molecule has 2 rings (SSSR count). The van der Waals surface area contributed by atoms with Gasteiger partial charge in [0.2, 0.25) is 15.9 Å². The minimum absolute atomic E-state index is 0.154. The zero-order valence-electron chi connectivity index (χ0n) is 15.3. The topological polar surface area (TPSA) is 92.5 Å². The molecule has 0 bridgehead atoms. The van der Waals surface area contributed by atoms with Crippen LogP contribution in [0.25, 0.3) is 0 Å². The lowest BCUT2D eigenvalue weighted by Crippen LogP contribution is -2.28. The molecule has 9 heteroatoms. The molecule has 1 aromatic carbocycles. The molecule has 0 saturated carbocycles. The van der Waals surface area contributed by atoms with Crippen LogP contribution in [-0.2, 0) is 27.1 Å². The summed E-state index contributed by atoms with van der Waals surface area (Å²) in [5.41, 5.74) is 2.40. The number of amides is 1. The molecule has 26 heavy (non-hydrogen) atoms. The highest BCUT2D eigenvalue weighted by atomic mass is 32.2. The quantitative estimate of drug-likeness (QED) is 0.733. The van der Waals surface area contributed by atoms with Crippen LogP contribution >= 0.6 is 11.8 Å². The van der Waals surface area contributed by atoms with E-state index in [1.165, 1.54) is 25.9 Å². The van der Waals surface area contributed by atoms with Crippen molar-refractivity contribution in [3.63, 3.8) is 0 Å². The second kappa shape index (κ2) is 8.70. The molecule has 1 amide bonds. The number of nitrogens with one attached hydrogen (secondary N) is 1. The minimum Gasteiger partial charge on any atom is -0.361 e. The van der Waals surface area contributed by atoms with Crippen molar-refractivity contribution in [1.29, 1.82) is 0 Å². The Kier molecular flexibility index (Phi) is 6.85. The van der Waals surface area contributed by atoms with Crippen molar-refractivity contribution in [2.45, 2.75) is 31.0 Å². The van der Waals surface area contributed by atoms with Gasteiger partial charge in [-0.1, -0.05) is 23.4 Å². The van der Waals surface area contributed by atoms with Crippen molar-refractivity contribution in [1.82, 2.24) is 14.8 Å². The van der Waals surface area contributed by atoms with Crippen LogP contribution < -0.4 is 5.32 Å². The second-order valence-electron chi connectivity index (χ2n) is 5.97. The van der Waals surface area contributed by atoms with Gasteiger partial charge in [0.05, 0.1) is 16.3 Å². The summed E-state index contributed by atoms with van der Waals surface area (Å²) >= 11 is 1.46. The van der Waals surface area contributed by atoms with Gasteiger partial charge in [-0.15, -0.1) is 11.8 Å². The predicted molar refractivity (Wildman–Crippen MR) is 101 cm³/mol. The third-order valence-corrected chi connectivity index (χ3v) is 6.74. The zero-order valence-corrected chi connectivity index (χ0v) is 16.9. The average Bonchev–Trinajstić information content (AvgIpc) is 2.92. The molecule has 2 aromatic rings. The molecule has 0 spiro atoms. The SMILES string of the molecule is Cc1noc(C)c1CSCC(=O)NCc1ccccc1S(=O)(=O)N(C)C. The molecule has 142 valence electrons. The smallest absolute Gasteiger partial charge is 0.242 e. The molecule has 7 nitrogen and oxygen atoms in total. The van der Waals surface area contributed by atoms with Crippen LogP contribution in [0.5, 0.6) is 0 Å². The number of rotatable bonds is 8. The van der Waals surface area contributed by atoms with Crippen LogP contribution in [0.15, 0.2) is 33.7 Å². The number of aromatic nitrogens is 1. The fourth-order valence-electron chi connectivity index (χ4n) is 2.30. The summed E-state index contributed by atoms with van der Waals surface area (Å²) in [6.07, 6.45) is 0. The van der Waals surface area contributed by atoms with Crippen LogP contribution in [0.1, 0.15) is 22.6 Å². The first kappa shape index (κ1) is 20.5. The van der Waals surface area contributed by atoms with Crippen molar-refractivity contribution in [2.75, 3.05) is 19.8 Å². The lowest BCUT2D eigenvalue weighted by molar-refractivity contribution is -0.118. The highest BCUT2D eigenvalue weighted by Gasteiger charge is 2.20. The van der Waals surface area contributed by atoms with E-state index in [2.05, 4.69) is 10.5 Å². The van der Waals surface area contributed by atoms with Crippen LogP contribution in [0.3, 0.4) is 0 Å². The Morgan fingerprint density at radius 3 is 2.58 bits per heavy atom. The van der Waals surface area contributed by atoms with E-state index in [9.17, 15) is 13.2 Å². The first-order valence-corrected chi connectivity index (χ1v) is 10.6. The van der Waals surface area contributed by atoms with Gasteiger partial charge < -0.3 is 9.84 Å². The Bertz CT molecular complexity index is 856. The molecular weight excluding hydrogens is 374 g/mol. The first-order valence-electron chi connectivity index (χ1n) is 8.00. The van der Waals surface area contributed by atoms with Crippen molar-refractivity contribution >= 4 is 27.7 Å². The fourth-order valence-corrected chi connectivity index (χ4v) is 4.42. The molecule has 0 unspecified atom stereocenters. The third-order valence-electron chi connectivity index (χ3n) is 3.87. The van der Waals surface area contributed by atoms with E-state index in [0.717, 1.165) is 21.3 Å². The van der Waals surface area contributed by atoms with E-state index in [4.69, 9.17) is 4.52 Å². The summed E-state index contributed by atoms with van der Waals surface area (Å²) in [6.45, 7) is 3.88. The molecule has 0 aliphatic carbocycles. The van der Waals surface area contributed by atoms with E-state index >= 15 is 0 Å². The zero-order chi connectivity index (χ0) is 19.3. The number of hydrogen-bond acceptors (Lipinski definition) is 6. The molecule has 1 aromatic heterocycles. The molecule has 0 saturated heterocycles. The maximum absolute atomic E-state index is 12.4. The third kappa shape index (κ3) is 4.87. The summed E-state index contributed by atoms with van der Waals surface area (Å²) in [6, 6.07) is 6.67. The van der Waals surface area contributed by atoms with Crippen LogP contribution in [-0.4, -0.2) is 43.6 Å². The van der Waals surface area contributed by atoms with E-state index < -0.39 is 10.0 Å². The number of benzene rings is 1. The summed E-state index contributed by atoms with van der Waals surface area (Å²) < 4.78 is 31.0. The van der Waals surface area contributed by atoms with Crippen molar-refractivity contribution in [2.24, 2.45) is 0 Å². The highest BCUT2D eigenvalue weighted by Crippen LogP contribution is 2.20. The Morgan fingerprint density at radius 2 is 1.96 bits per heavy atom. The van der Waals surface area contributed by atoms with Gasteiger partial charge >= 0.3 is 0 Å². The highest BCUT2D eigenvalue weighted by molar-refractivity contribution is 7.99. The number of carbonyl (C=O) groups is 1. The fraction of sp³-hybridized carbons (Fsp3) is 0.412. The Balaban J connectivity index is 1.92. The van der Waals surface area contributed by atoms with Gasteiger partial charge in [0.15, 0.2) is 0 Å². The summed E-state index contributed by atoms with van der Waals surface area (Å²) in [7, 11) is -0.588. The minimum atomic E-state index is -3.55. The van der Waals surface area contributed by atoms with E-state index in [1.54, 1.807) is 24.3 Å². The lowest BCUT2D eigenvalue weighted by atomic mass is 10.2. The van der Waals surface area contributed by atoms with Crippen LogP contribution in [0, 0.1) is 13.8 Å². The first-order chi connectivity index (χ1) is 12.2. The molecule has 1 N–H and O–H groups in total. The van der Waals surface area contributed by atoms with Gasteiger partial charge in [0, 0.05) is 32.0 Å². The Morgan fingerprint density at radius 1 is 1.27 bits per heavy atom. The van der Waals surface area contributed by atoms with Gasteiger partial charge in [0.25, 0.3) is 0 Å². The number of aryl methyl sites for hydroxylation is 2. The molecule has 1 heterocycles. The van der Waals surface area contributed by atoms with Crippen molar-refractivity contribution in [3.8, 4) is 0 Å². The number of carbonyl (C=O) groups excluding carboxylic acids is 1. The number of hydrogen-bond donors (Lipinski definition) is 1. The van der Waals surface area contributed by atoms with Crippen molar-refractivity contribution < 1.29 is 17.7 Å². The number of sulfonamides is 1. The molecule has 0 radical (unpaired) electrons. The largest absolute Gasteiger partial charge is 0.361 e. The van der Waals surface area contributed by atoms with Gasteiger partial charge in [0.1, 0.15) is 5.76 Å². The van der Waals surface area contributed by atoms with Crippen LogP contribution in [0.2, 0.25) is 0 Å². The molecule has 0 aliphatic heterocycles. The number of nitrogens with zero attached hydrogens (tertiary/aromatic N) is 2.